The highest BCUT2D eigenvalue weighted by molar-refractivity contribution is 5.32. The first-order valence-electron chi connectivity index (χ1n) is 6.33. The molecular formula is C14H20FNO. The van der Waals surface area contributed by atoms with E-state index in [1.54, 1.807) is 6.07 Å². The summed E-state index contributed by atoms with van der Waals surface area (Å²) in [4.78, 5) is 0. The number of hydrogen-bond acceptors (Lipinski definition) is 2. The molecule has 17 heavy (non-hydrogen) atoms. The Balaban J connectivity index is 1.91. The SMILES string of the molecule is CCNC(COc1ccc(F)cc1C)C1CC1. The van der Waals surface area contributed by atoms with Crippen molar-refractivity contribution in [2.24, 2.45) is 5.92 Å². The largest absolute Gasteiger partial charge is 0.492 e. The van der Waals surface area contributed by atoms with Crippen molar-refractivity contribution in [1.82, 2.24) is 5.32 Å². The van der Waals surface area contributed by atoms with E-state index in [2.05, 4.69) is 12.2 Å². The highest BCUT2D eigenvalue weighted by Gasteiger charge is 2.31. The van der Waals surface area contributed by atoms with Gasteiger partial charge < -0.3 is 10.1 Å². The molecule has 1 aromatic carbocycles. The molecular weight excluding hydrogens is 217 g/mol. The molecule has 0 aliphatic heterocycles. The van der Waals surface area contributed by atoms with Crippen molar-refractivity contribution in [2.45, 2.75) is 32.7 Å². The molecule has 0 heterocycles. The smallest absolute Gasteiger partial charge is 0.123 e. The fraction of sp³-hybridized carbons (Fsp3) is 0.571. The first-order valence-corrected chi connectivity index (χ1v) is 6.33. The van der Waals surface area contributed by atoms with E-state index in [1.165, 1.54) is 25.0 Å². The van der Waals surface area contributed by atoms with Crippen LogP contribution in [-0.2, 0) is 0 Å². The van der Waals surface area contributed by atoms with Crippen LogP contribution in [0.5, 0.6) is 5.75 Å². The second kappa shape index (κ2) is 5.50. The van der Waals surface area contributed by atoms with Crippen molar-refractivity contribution < 1.29 is 9.13 Å². The maximum atomic E-state index is 12.9. The van der Waals surface area contributed by atoms with E-state index in [0.29, 0.717) is 12.6 Å². The molecule has 0 radical (unpaired) electrons. The van der Waals surface area contributed by atoms with Crippen LogP contribution in [-0.4, -0.2) is 19.2 Å². The lowest BCUT2D eigenvalue weighted by Crippen LogP contribution is -2.36. The van der Waals surface area contributed by atoms with Gasteiger partial charge in [-0.1, -0.05) is 6.92 Å². The average Bonchev–Trinajstić information content (AvgIpc) is 3.10. The molecule has 1 fully saturated rings. The number of ether oxygens (including phenoxy) is 1. The summed E-state index contributed by atoms with van der Waals surface area (Å²) >= 11 is 0. The summed E-state index contributed by atoms with van der Waals surface area (Å²) in [5.41, 5.74) is 0.857. The van der Waals surface area contributed by atoms with Crippen molar-refractivity contribution in [3.63, 3.8) is 0 Å². The van der Waals surface area contributed by atoms with Crippen molar-refractivity contribution in [3.8, 4) is 5.75 Å². The maximum Gasteiger partial charge on any atom is 0.123 e. The van der Waals surface area contributed by atoms with E-state index in [-0.39, 0.29) is 5.82 Å². The Morgan fingerprint density at radius 2 is 2.24 bits per heavy atom. The summed E-state index contributed by atoms with van der Waals surface area (Å²) < 4.78 is 18.7. The Morgan fingerprint density at radius 3 is 2.82 bits per heavy atom. The van der Waals surface area contributed by atoms with Crippen molar-refractivity contribution in [3.05, 3.63) is 29.6 Å². The van der Waals surface area contributed by atoms with E-state index in [4.69, 9.17) is 4.74 Å². The van der Waals surface area contributed by atoms with Crippen LogP contribution in [0.15, 0.2) is 18.2 Å². The molecule has 3 heteroatoms. The number of benzene rings is 1. The fourth-order valence-corrected chi connectivity index (χ4v) is 2.08. The predicted octanol–water partition coefficient (Wildman–Crippen LogP) is 2.90. The Kier molecular flexibility index (Phi) is 4.00. The van der Waals surface area contributed by atoms with Crippen LogP contribution < -0.4 is 10.1 Å². The number of nitrogens with one attached hydrogen (secondary N) is 1. The van der Waals surface area contributed by atoms with Crippen LogP contribution >= 0.6 is 0 Å². The third kappa shape index (κ3) is 3.43. The van der Waals surface area contributed by atoms with Crippen LogP contribution in [0.25, 0.3) is 0 Å². The van der Waals surface area contributed by atoms with Gasteiger partial charge in [-0.3, -0.25) is 0 Å². The lowest BCUT2D eigenvalue weighted by molar-refractivity contribution is 0.249. The van der Waals surface area contributed by atoms with Crippen LogP contribution in [0.1, 0.15) is 25.3 Å². The minimum atomic E-state index is -0.208. The summed E-state index contributed by atoms with van der Waals surface area (Å²) in [5, 5.41) is 3.45. The Bertz CT molecular complexity index is 376. The van der Waals surface area contributed by atoms with Gasteiger partial charge in [0.25, 0.3) is 0 Å². The van der Waals surface area contributed by atoms with E-state index in [1.807, 2.05) is 6.92 Å². The van der Waals surface area contributed by atoms with Gasteiger partial charge >= 0.3 is 0 Å². The molecule has 1 atom stereocenters. The fourth-order valence-electron chi connectivity index (χ4n) is 2.08. The van der Waals surface area contributed by atoms with Gasteiger partial charge in [0.2, 0.25) is 0 Å². The number of likely N-dealkylation sites (N-methyl/N-ethyl adjacent to an activating group) is 1. The quantitative estimate of drug-likeness (QED) is 0.821. The van der Waals surface area contributed by atoms with E-state index in [9.17, 15) is 4.39 Å². The van der Waals surface area contributed by atoms with Crippen molar-refractivity contribution in [2.75, 3.05) is 13.2 Å². The van der Waals surface area contributed by atoms with Gasteiger partial charge in [-0.25, -0.2) is 4.39 Å². The summed E-state index contributed by atoms with van der Waals surface area (Å²) in [6, 6.07) is 5.10. The molecule has 1 N–H and O–H groups in total. The van der Waals surface area contributed by atoms with E-state index >= 15 is 0 Å². The minimum Gasteiger partial charge on any atom is -0.492 e. The van der Waals surface area contributed by atoms with Gasteiger partial charge in [0, 0.05) is 6.04 Å². The van der Waals surface area contributed by atoms with E-state index < -0.39 is 0 Å². The molecule has 1 saturated carbocycles. The summed E-state index contributed by atoms with van der Waals surface area (Å²) in [5.74, 6) is 1.34. The first kappa shape index (κ1) is 12.4. The molecule has 94 valence electrons. The van der Waals surface area contributed by atoms with E-state index in [0.717, 1.165) is 23.8 Å². The van der Waals surface area contributed by atoms with Gasteiger partial charge in [0.05, 0.1) is 0 Å². The average molecular weight is 237 g/mol. The summed E-state index contributed by atoms with van der Waals surface area (Å²) in [6.07, 6.45) is 2.59. The molecule has 1 unspecified atom stereocenters. The van der Waals surface area contributed by atoms with Crippen molar-refractivity contribution in [1.29, 1.82) is 0 Å². The first-order chi connectivity index (χ1) is 8.20. The van der Waals surface area contributed by atoms with Crippen molar-refractivity contribution >= 4 is 0 Å². The number of aryl methyl sites for hydroxylation is 1. The zero-order chi connectivity index (χ0) is 12.3. The minimum absolute atomic E-state index is 0.208. The molecule has 1 aromatic rings. The van der Waals surface area contributed by atoms with Crippen LogP contribution in [0.2, 0.25) is 0 Å². The zero-order valence-corrected chi connectivity index (χ0v) is 10.5. The molecule has 0 aromatic heterocycles. The van der Waals surface area contributed by atoms with Gasteiger partial charge in [-0.05, 0) is 56.0 Å². The number of hydrogen-bond donors (Lipinski definition) is 1. The highest BCUT2D eigenvalue weighted by Crippen LogP contribution is 2.33. The normalized spacial score (nSPS) is 16.9. The molecule has 0 saturated heterocycles. The van der Waals surface area contributed by atoms with Crippen LogP contribution in [0, 0.1) is 18.7 Å². The Labute approximate surface area is 102 Å². The molecule has 1 aliphatic rings. The van der Waals surface area contributed by atoms with Gasteiger partial charge in [0.15, 0.2) is 0 Å². The lowest BCUT2D eigenvalue weighted by Gasteiger charge is -2.18. The third-order valence-electron chi connectivity index (χ3n) is 3.21. The van der Waals surface area contributed by atoms with Gasteiger partial charge in [0.1, 0.15) is 18.2 Å². The molecule has 2 nitrogen and oxygen atoms in total. The van der Waals surface area contributed by atoms with Gasteiger partial charge in [-0.2, -0.15) is 0 Å². The second-order valence-electron chi connectivity index (χ2n) is 4.72. The summed E-state index contributed by atoms with van der Waals surface area (Å²) in [7, 11) is 0. The molecule has 0 spiro atoms. The second-order valence-corrected chi connectivity index (χ2v) is 4.72. The molecule has 1 aliphatic carbocycles. The Hall–Kier alpha value is -1.09. The molecule has 0 amide bonds. The molecule has 0 bridgehead atoms. The monoisotopic (exact) mass is 237 g/mol. The topological polar surface area (TPSA) is 21.3 Å². The maximum absolute atomic E-state index is 12.9. The Morgan fingerprint density at radius 1 is 1.47 bits per heavy atom. The van der Waals surface area contributed by atoms with Gasteiger partial charge in [-0.15, -0.1) is 0 Å². The highest BCUT2D eigenvalue weighted by atomic mass is 19.1. The lowest BCUT2D eigenvalue weighted by atomic mass is 10.2. The number of rotatable bonds is 6. The third-order valence-corrected chi connectivity index (χ3v) is 3.21. The predicted molar refractivity (Wildman–Crippen MR) is 66.8 cm³/mol. The summed E-state index contributed by atoms with van der Waals surface area (Å²) in [6.45, 7) is 5.62. The van der Waals surface area contributed by atoms with Crippen LogP contribution in [0.3, 0.4) is 0 Å². The zero-order valence-electron chi connectivity index (χ0n) is 10.5. The standard InChI is InChI=1S/C14H20FNO/c1-3-16-13(11-4-5-11)9-17-14-7-6-12(15)8-10(14)2/h6-8,11,13,16H,3-5,9H2,1-2H3. The van der Waals surface area contributed by atoms with Crippen LogP contribution in [0.4, 0.5) is 4.39 Å². The molecule has 2 rings (SSSR count). The number of halogens is 1.